The van der Waals surface area contributed by atoms with Crippen LogP contribution >= 0.6 is 11.8 Å². The zero-order chi connectivity index (χ0) is 26.5. The second-order valence-electron chi connectivity index (χ2n) is 8.39. The fourth-order valence-electron chi connectivity index (χ4n) is 3.80. The lowest BCUT2D eigenvalue weighted by Crippen LogP contribution is -2.35. The normalized spacial score (nSPS) is 15.7. The molecule has 3 aromatic rings. The summed E-state index contributed by atoms with van der Waals surface area (Å²) in [6.07, 6.45) is 5.66. The third kappa shape index (κ3) is 5.45. The van der Waals surface area contributed by atoms with Gasteiger partial charge in [-0.1, -0.05) is 24.3 Å². The molecule has 0 unspecified atom stereocenters. The van der Waals surface area contributed by atoms with Crippen LogP contribution in [0.1, 0.15) is 23.1 Å². The van der Waals surface area contributed by atoms with Gasteiger partial charge in [-0.2, -0.15) is 15.1 Å². The zero-order valence-corrected chi connectivity index (χ0v) is 21.7. The highest BCUT2D eigenvalue weighted by molar-refractivity contribution is 8.27. The van der Waals surface area contributed by atoms with Crippen molar-refractivity contribution in [3.63, 3.8) is 0 Å². The van der Waals surface area contributed by atoms with Gasteiger partial charge < -0.3 is 14.2 Å². The van der Waals surface area contributed by atoms with Crippen molar-refractivity contribution in [2.45, 2.75) is 13.3 Å². The third-order valence-corrected chi connectivity index (χ3v) is 6.72. The number of fused-ring (bicyclic) bond motifs is 1. The summed E-state index contributed by atoms with van der Waals surface area (Å²) in [7, 11) is 1.56. The Kier molecular flexibility index (Phi) is 7.50. The summed E-state index contributed by atoms with van der Waals surface area (Å²) < 4.78 is 17.2. The highest BCUT2D eigenvalue weighted by Gasteiger charge is 2.36. The molecule has 38 heavy (non-hydrogen) atoms. The Hall–Kier alpha value is -4.44. The molecule has 2 aromatic carbocycles. The topological polar surface area (TPSA) is 109 Å². The lowest BCUT2D eigenvalue weighted by molar-refractivity contribution is -0.114. The summed E-state index contributed by atoms with van der Waals surface area (Å²) in [5.41, 5.74) is 2.69. The SMILES string of the molecule is COc1cc(/C=C2/C(=N)N3N=C(c4cccnc4)SC3=NC2=O)ccc1OCCCOc1ccccc1C. The molecule has 2 aliphatic rings. The number of para-hydroxylation sites is 1. The van der Waals surface area contributed by atoms with Gasteiger partial charge in [0.25, 0.3) is 5.91 Å². The Labute approximate surface area is 224 Å². The molecule has 0 saturated carbocycles. The summed E-state index contributed by atoms with van der Waals surface area (Å²) in [5.74, 6) is 1.43. The van der Waals surface area contributed by atoms with Crippen LogP contribution in [0.2, 0.25) is 0 Å². The lowest BCUT2D eigenvalue weighted by atomic mass is 10.1. The van der Waals surface area contributed by atoms with Crippen LogP contribution < -0.4 is 14.2 Å². The molecule has 5 rings (SSSR count). The first-order valence-electron chi connectivity index (χ1n) is 11.9. The van der Waals surface area contributed by atoms with Gasteiger partial charge in [-0.3, -0.25) is 15.2 Å². The van der Waals surface area contributed by atoms with Crippen LogP contribution in [0.4, 0.5) is 0 Å². The predicted molar refractivity (Wildman–Crippen MR) is 148 cm³/mol. The number of thioether (sulfide) groups is 1. The number of benzene rings is 2. The summed E-state index contributed by atoms with van der Waals surface area (Å²) >= 11 is 1.23. The largest absolute Gasteiger partial charge is 0.493 e. The number of carbonyl (C=O) groups excluding carboxylic acids is 1. The molecule has 1 aromatic heterocycles. The number of ether oxygens (including phenoxy) is 3. The molecule has 0 radical (unpaired) electrons. The average Bonchev–Trinajstić information content (AvgIpc) is 3.37. The van der Waals surface area contributed by atoms with Crippen LogP contribution in [0.25, 0.3) is 6.08 Å². The highest BCUT2D eigenvalue weighted by Crippen LogP contribution is 2.32. The summed E-state index contributed by atoms with van der Waals surface area (Å²) in [6.45, 7) is 3.00. The Morgan fingerprint density at radius 1 is 1.03 bits per heavy atom. The quantitative estimate of drug-likeness (QED) is 0.311. The number of hydrogen-bond acceptors (Lipinski definition) is 8. The number of rotatable bonds is 9. The Morgan fingerprint density at radius 2 is 1.84 bits per heavy atom. The van der Waals surface area contributed by atoms with E-state index >= 15 is 0 Å². The van der Waals surface area contributed by atoms with E-state index in [0.717, 1.165) is 16.9 Å². The molecule has 0 bridgehead atoms. The first-order chi connectivity index (χ1) is 18.5. The van der Waals surface area contributed by atoms with Crippen molar-refractivity contribution in [3.8, 4) is 17.2 Å². The molecular formula is C28H25N5O4S. The molecule has 1 amide bonds. The van der Waals surface area contributed by atoms with Crippen molar-refractivity contribution in [2.24, 2.45) is 10.1 Å². The summed E-state index contributed by atoms with van der Waals surface area (Å²) in [6, 6.07) is 16.9. The smallest absolute Gasteiger partial charge is 0.283 e. The van der Waals surface area contributed by atoms with Crippen LogP contribution in [0, 0.1) is 12.3 Å². The third-order valence-electron chi connectivity index (χ3n) is 5.76. The predicted octanol–water partition coefficient (Wildman–Crippen LogP) is 4.91. The minimum atomic E-state index is -0.496. The number of carbonyl (C=O) groups is 1. The number of amidine groups is 2. The first-order valence-corrected chi connectivity index (χ1v) is 12.7. The van der Waals surface area contributed by atoms with Crippen LogP contribution in [0.5, 0.6) is 17.2 Å². The zero-order valence-electron chi connectivity index (χ0n) is 20.9. The minimum Gasteiger partial charge on any atom is -0.493 e. The number of hydrogen-bond donors (Lipinski definition) is 1. The van der Waals surface area contributed by atoms with E-state index in [-0.39, 0.29) is 11.4 Å². The number of nitrogens with one attached hydrogen (secondary N) is 1. The van der Waals surface area contributed by atoms with E-state index in [1.165, 1.54) is 16.8 Å². The van der Waals surface area contributed by atoms with Crippen molar-refractivity contribution >= 4 is 39.8 Å². The maximum absolute atomic E-state index is 12.8. The number of nitrogens with zero attached hydrogens (tertiary/aromatic N) is 4. The second-order valence-corrected chi connectivity index (χ2v) is 9.35. The Balaban J connectivity index is 1.25. The van der Waals surface area contributed by atoms with Crippen LogP contribution in [-0.2, 0) is 4.79 Å². The fraction of sp³-hybridized carbons (Fsp3) is 0.179. The van der Waals surface area contributed by atoms with E-state index in [4.69, 9.17) is 19.6 Å². The van der Waals surface area contributed by atoms with Gasteiger partial charge in [0.2, 0.25) is 5.17 Å². The maximum atomic E-state index is 12.8. The van der Waals surface area contributed by atoms with E-state index < -0.39 is 5.91 Å². The van der Waals surface area contributed by atoms with Crippen molar-refractivity contribution < 1.29 is 19.0 Å². The van der Waals surface area contributed by atoms with Crippen LogP contribution in [0.3, 0.4) is 0 Å². The van der Waals surface area contributed by atoms with Gasteiger partial charge in [0.15, 0.2) is 17.3 Å². The van der Waals surface area contributed by atoms with Gasteiger partial charge in [0.05, 0.1) is 25.9 Å². The number of amides is 1. The average molecular weight is 528 g/mol. The van der Waals surface area contributed by atoms with Gasteiger partial charge in [-0.25, -0.2) is 0 Å². The standard InChI is InChI=1S/C28H25N5O4S/c1-18-7-3-4-9-22(18)36-13-6-14-37-23-11-10-19(16-24(23)35-2)15-21-25(29)33-28(31-26(21)34)38-27(32-33)20-8-5-12-30-17-20/h3-5,7-12,15-17,29H,6,13-14H2,1-2H3/b21-15-,29-25?. The van der Waals surface area contributed by atoms with E-state index in [2.05, 4.69) is 15.1 Å². The Bertz CT molecular complexity index is 1470. The minimum absolute atomic E-state index is 0.0423. The molecule has 0 spiro atoms. The number of aryl methyl sites for hydroxylation is 1. The number of pyridine rings is 1. The number of methoxy groups -OCH3 is 1. The monoisotopic (exact) mass is 527 g/mol. The molecule has 0 atom stereocenters. The van der Waals surface area contributed by atoms with Crippen LogP contribution in [-0.4, -0.2) is 52.3 Å². The van der Waals surface area contributed by atoms with E-state index in [1.807, 2.05) is 37.3 Å². The molecule has 0 fully saturated rings. The number of aliphatic imine (C=N–C) groups is 1. The Morgan fingerprint density at radius 3 is 2.61 bits per heavy atom. The maximum Gasteiger partial charge on any atom is 0.283 e. The van der Waals surface area contributed by atoms with Crippen LogP contribution in [0.15, 0.2) is 82.7 Å². The fourth-order valence-corrected chi connectivity index (χ4v) is 4.68. The molecule has 9 nitrogen and oxygen atoms in total. The van der Waals surface area contributed by atoms with E-state index in [9.17, 15) is 4.79 Å². The van der Waals surface area contributed by atoms with Gasteiger partial charge in [-0.05, 0) is 66.2 Å². The van der Waals surface area contributed by atoms with Crippen molar-refractivity contribution in [3.05, 3.63) is 89.3 Å². The van der Waals surface area contributed by atoms with E-state index in [1.54, 1.807) is 49.8 Å². The highest BCUT2D eigenvalue weighted by atomic mass is 32.2. The molecular weight excluding hydrogens is 502 g/mol. The molecule has 3 heterocycles. The van der Waals surface area contributed by atoms with Gasteiger partial charge in [0.1, 0.15) is 10.8 Å². The molecule has 1 N–H and O–H groups in total. The van der Waals surface area contributed by atoms with Gasteiger partial charge in [0, 0.05) is 24.4 Å². The summed E-state index contributed by atoms with van der Waals surface area (Å²) in [5, 5.41) is 15.4. The van der Waals surface area contributed by atoms with Crippen molar-refractivity contribution in [2.75, 3.05) is 20.3 Å². The summed E-state index contributed by atoms with van der Waals surface area (Å²) in [4.78, 5) is 21.0. The van der Waals surface area contributed by atoms with Gasteiger partial charge >= 0.3 is 0 Å². The second kappa shape index (κ2) is 11.3. The van der Waals surface area contributed by atoms with Crippen molar-refractivity contribution in [1.82, 2.24) is 9.99 Å². The number of aromatic nitrogens is 1. The number of hydrazone groups is 1. The van der Waals surface area contributed by atoms with Gasteiger partial charge in [-0.15, -0.1) is 0 Å². The molecule has 0 aliphatic carbocycles. The molecule has 0 saturated heterocycles. The first kappa shape index (κ1) is 25.2. The molecule has 192 valence electrons. The molecule has 10 heteroatoms. The lowest BCUT2D eigenvalue weighted by Gasteiger charge is -2.20. The van der Waals surface area contributed by atoms with E-state index in [0.29, 0.717) is 46.9 Å². The molecule has 2 aliphatic heterocycles. The van der Waals surface area contributed by atoms with Crippen molar-refractivity contribution in [1.29, 1.82) is 5.41 Å².